The number of piperidine rings is 1. The molecule has 1 aromatic heterocycles. The smallest absolute Gasteiger partial charge is 0.113 e. The quantitative estimate of drug-likeness (QED) is 0.853. The Morgan fingerprint density at radius 2 is 2.10 bits per heavy atom. The molecule has 0 radical (unpaired) electrons. The van der Waals surface area contributed by atoms with Crippen LogP contribution >= 0.6 is 11.6 Å². The Hall–Kier alpha value is -1.32. The number of nitrogens with zero attached hydrogens (tertiary/aromatic N) is 3. The molecule has 1 saturated heterocycles. The first kappa shape index (κ1) is 14.6. The van der Waals surface area contributed by atoms with Crippen molar-refractivity contribution >= 4 is 11.6 Å². The molecule has 112 valence electrons. The Bertz CT molecular complexity index is 576. The lowest BCUT2D eigenvalue weighted by atomic mass is 9.96. The van der Waals surface area contributed by atoms with Crippen LogP contribution in [0.5, 0.6) is 0 Å². The Labute approximate surface area is 131 Å². The van der Waals surface area contributed by atoms with E-state index in [0.717, 1.165) is 24.7 Å². The van der Waals surface area contributed by atoms with Crippen LogP contribution in [0.15, 0.2) is 36.7 Å². The van der Waals surface area contributed by atoms with E-state index in [4.69, 9.17) is 11.6 Å². The van der Waals surface area contributed by atoms with Gasteiger partial charge in [0, 0.05) is 43.0 Å². The maximum atomic E-state index is 5.95. The second kappa shape index (κ2) is 6.63. The summed E-state index contributed by atoms with van der Waals surface area (Å²) >= 11 is 5.95. The fourth-order valence-corrected chi connectivity index (χ4v) is 3.33. The number of imidazole rings is 1. The molecule has 0 amide bonds. The summed E-state index contributed by atoms with van der Waals surface area (Å²) in [7, 11) is 0. The van der Waals surface area contributed by atoms with E-state index in [9.17, 15) is 0 Å². The summed E-state index contributed by atoms with van der Waals surface area (Å²) in [4.78, 5) is 7.12. The number of aryl methyl sites for hydroxylation is 1. The van der Waals surface area contributed by atoms with Crippen LogP contribution in [0.4, 0.5) is 0 Å². The second-order valence-electron chi connectivity index (χ2n) is 5.77. The van der Waals surface area contributed by atoms with Gasteiger partial charge in [-0.25, -0.2) is 4.98 Å². The van der Waals surface area contributed by atoms with Crippen LogP contribution in [-0.2, 0) is 13.1 Å². The molecule has 1 aliphatic rings. The van der Waals surface area contributed by atoms with Crippen molar-refractivity contribution in [2.75, 3.05) is 13.1 Å². The predicted molar refractivity (Wildman–Crippen MR) is 86.6 cm³/mol. The van der Waals surface area contributed by atoms with Gasteiger partial charge < -0.3 is 4.57 Å². The van der Waals surface area contributed by atoms with Crippen LogP contribution in [0.2, 0.25) is 5.02 Å². The van der Waals surface area contributed by atoms with Crippen molar-refractivity contribution in [2.45, 2.75) is 38.8 Å². The molecule has 3 nitrogen and oxygen atoms in total. The number of hydrogen-bond donors (Lipinski definition) is 0. The zero-order valence-corrected chi connectivity index (χ0v) is 13.3. The van der Waals surface area contributed by atoms with Crippen molar-refractivity contribution in [3.63, 3.8) is 0 Å². The fourth-order valence-electron chi connectivity index (χ4n) is 3.21. The van der Waals surface area contributed by atoms with Crippen molar-refractivity contribution in [3.05, 3.63) is 53.1 Å². The molecule has 3 rings (SSSR count). The molecule has 1 fully saturated rings. The van der Waals surface area contributed by atoms with E-state index in [1.807, 2.05) is 18.3 Å². The van der Waals surface area contributed by atoms with Crippen LogP contribution in [0.1, 0.15) is 37.1 Å². The minimum absolute atomic E-state index is 0.556. The Balaban J connectivity index is 1.67. The van der Waals surface area contributed by atoms with Crippen molar-refractivity contribution in [3.8, 4) is 0 Å². The minimum atomic E-state index is 0.556. The summed E-state index contributed by atoms with van der Waals surface area (Å²) in [5.74, 6) is 1.80. The largest absolute Gasteiger partial charge is 0.335 e. The van der Waals surface area contributed by atoms with Gasteiger partial charge >= 0.3 is 0 Å². The number of rotatable bonds is 4. The van der Waals surface area contributed by atoms with Gasteiger partial charge in [0.05, 0.1) is 0 Å². The first-order valence-electron chi connectivity index (χ1n) is 7.74. The molecule has 4 heteroatoms. The number of likely N-dealkylation sites (tertiary alicyclic amines) is 1. The van der Waals surface area contributed by atoms with Crippen molar-refractivity contribution in [1.82, 2.24) is 14.5 Å². The third-order valence-corrected chi connectivity index (χ3v) is 4.53. The fraction of sp³-hybridized carbons (Fsp3) is 0.471. The van der Waals surface area contributed by atoms with Gasteiger partial charge in [-0.3, -0.25) is 4.90 Å². The van der Waals surface area contributed by atoms with Gasteiger partial charge in [-0.2, -0.15) is 0 Å². The Morgan fingerprint density at radius 3 is 2.86 bits per heavy atom. The Morgan fingerprint density at radius 1 is 1.29 bits per heavy atom. The third-order valence-electron chi connectivity index (χ3n) is 4.28. The second-order valence-corrected chi connectivity index (χ2v) is 6.21. The highest BCUT2D eigenvalue weighted by molar-refractivity contribution is 6.30. The van der Waals surface area contributed by atoms with Crippen molar-refractivity contribution in [2.24, 2.45) is 0 Å². The first-order valence-corrected chi connectivity index (χ1v) is 8.12. The SMILES string of the molecule is CCn1ccnc1C1CCCN(Cc2ccc(Cl)cc2)C1. The number of aromatic nitrogens is 2. The van der Waals surface area contributed by atoms with E-state index in [0.29, 0.717) is 5.92 Å². The third kappa shape index (κ3) is 3.47. The lowest BCUT2D eigenvalue weighted by Crippen LogP contribution is -2.34. The molecule has 2 aromatic rings. The van der Waals surface area contributed by atoms with Crippen LogP contribution in [0.3, 0.4) is 0 Å². The number of halogens is 1. The minimum Gasteiger partial charge on any atom is -0.335 e. The summed E-state index contributed by atoms with van der Waals surface area (Å²) < 4.78 is 2.27. The monoisotopic (exact) mass is 303 g/mol. The van der Waals surface area contributed by atoms with Gasteiger partial charge in [-0.1, -0.05) is 23.7 Å². The topological polar surface area (TPSA) is 21.1 Å². The van der Waals surface area contributed by atoms with E-state index in [-0.39, 0.29) is 0 Å². The summed E-state index contributed by atoms with van der Waals surface area (Å²) in [5, 5.41) is 0.806. The average Bonchev–Trinajstić information content (AvgIpc) is 2.98. The highest BCUT2D eigenvalue weighted by Crippen LogP contribution is 2.27. The maximum absolute atomic E-state index is 5.95. The first-order chi connectivity index (χ1) is 10.3. The lowest BCUT2D eigenvalue weighted by molar-refractivity contribution is 0.195. The summed E-state index contributed by atoms with van der Waals surface area (Å²) in [6.45, 7) is 6.45. The molecule has 1 atom stereocenters. The lowest BCUT2D eigenvalue weighted by Gasteiger charge is -2.32. The Kier molecular flexibility index (Phi) is 4.61. The van der Waals surface area contributed by atoms with Crippen molar-refractivity contribution < 1.29 is 0 Å². The van der Waals surface area contributed by atoms with Gasteiger partial charge in [-0.05, 0) is 44.0 Å². The number of benzene rings is 1. The summed E-state index contributed by atoms with van der Waals surface area (Å²) in [6.07, 6.45) is 6.51. The molecule has 1 aromatic carbocycles. The summed E-state index contributed by atoms with van der Waals surface area (Å²) in [6, 6.07) is 8.20. The highest BCUT2D eigenvalue weighted by Gasteiger charge is 2.24. The van der Waals surface area contributed by atoms with Gasteiger partial charge in [0.1, 0.15) is 5.82 Å². The molecule has 0 spiro atoms. The molecule has 1 aliphatic heterocycles. The normalized spacial score (nSPS) is 19.8. The molecule has 1 unspecified atom stereocenters. The van der Waals surface area contributed by atoms with Crippen LogP contribution < -0.4 is 0 Å². The van der Waals surface area contributed by atoms with E-state index >= 15 is 0 Å². The van der Waals surface area contributed by atoms with Crippen molar-refractivity contribution in [1.29, 1.82) is 0 Å². The molecule has 0 aliphatic carbocycles. The van der Waals surface area contributed by atoms with Crippen LogP contribution in [0, 0.1) is 0 Å². The molecule has 2 heterocycles. The average molecular weight is 304 g/mol. The van der Waals surface area contributed by atoms with E-state index in [2.05, 4.69) is 39.7 Å². The molecular weight excluding hydrogens is 282 g/mol. The number of hydrogen-bond acceptors (Lipinski definition) is 2. The van der Waals surface area contributed by atoms with Gasteiger partial charge in [0.15, 0.2) is 0 Å². The van der Waals surface area contributed by atoms with E-state index in [1.54, 1.807) is 0 Å². The molecule has 0 N–H and O–H groups in total. The maximum Gasteiger partial charge on any atom is 0.113 e. The van der Waals surface area contributed by atoms with Gasteiger partial charge in [0.2, 0.25) is 0 Å². The van der Waals surface area contributed by atoms with E-state index < -0.39 is 0 Å². The highest BCUT2D eigenvalue weighted by atomic mass is 35.5. The zero-order valence-electron chi connectivity index (χ0n) is 12.5. The molecular formula is C17H22ClN3. The molecule has 21 heavy (non-hydrogen) atoms. The zero-order chi connectivity index (χ0) is 14.7. The standard InChI is InChI=1S/C17H22ClN3/c1-2-21-11-9-19-17(21)15-4-3-10-20(13-15)12-14-5-7-16(18)8-6-14/h5-9,11,15H,2-4,10,12-13H2,1H3. The van der Waals surface area contributed by atoms with Gasteiger partial charge in [0.25, 0.3) is 0 Å². The van der Waals surface area contributed by atoms with E-state index in [1.165, 1.54) is 30.8 Å². The molecule has 0 saturated carbocycles. The van der Waals surface area contributed by atoms with Crippen LogP contribution in [-0.4, -0.2) is 27.5 Å². The molecule has 0 bridgehead atoms. The van der Waals surface area contributed by atoms with Gasteiger partial charge in [-0.15, -0.1) is 0 Å². The predicted octanol–water partition coefficient (Wildman–Crippen LogP) is 3.94. The summed E-state index contributed by atoms with van der Waals surface area (Å²) in [5.41, 5.74) is 1.33. The van der Waals surface area contributed by atoms with Crippen LogP contribution in [0.25, 0.3) is 0 Å².